The highest BCUT2D eigenvalue weighted by molar-refractivity contribution is 8.03. The summed E-state index contributed by atoms with van der Waals surface area (Å²) in [5.74, 6) is 2.88. The molecule has 52 valence electrons. The molecule has 0 aromatic heterocycles. The average molecular weight is 147 g/mol. The summed E-state index contributed by atoms with van der Waals surface area (Å²) in [7, 11) is 0. The van der Waals surface area contributed by atoms with E-state index in [1.807, 2.05) is 5.94 Å². The normalized spacial score (nSPS) is 18.0. The van der Waals surface area contributed by atoms with Gasteiger partial charge in [0.05, 0.1) is 4.91 Å². The van der Waals surface area contributed by atoms with Gasteiger partial charge in [-0.1, -0.05) is 0 Å². The minimum atomic E-state index is 0. The van der Waals surface area contributed by atoms with Crippen LogP contribution < -0.4 is 5.32 Å². The minimum absolute atomic E-state index is 0. The van der Waals surface area contributed by atoms with E-state index in [0.29, 0.717) is 6.54 Å². The molecule has 0 aromatic rings. The van der Waals surface area contributed by atoms with Gasteiger partial charge in [0, 0.05) is 18.8 Å². The first-order valence-electron chi connectivity index (χ1n) is 2.51. The Morgan fingerprint density at radius 1 is 1.67 bits per heavy atom. The van der Waals surface area contributed by atoms with Gasteiger partial charge in [-0.3, -0.25) is 0 Å². The summed E-state index contributed by atoms with van der Waals surface area (Å²) in [6.07, 6.45) is 0. The fourth-order valence-corrected chi connectivity index (χ4v) is 1.32. The van der Waals surface area contributed by atoms with Gasteiger partial charge in [0.2, 0.25) is 0 Å². The summed E-state index contributed by atoms with van der Waals surface area (Å²) >= 11 is 1.59. The van der Waals surface area contributed by atoms with Crippen molar-refractivity contribution in [3.8, 4) is 0 Å². The maximum Gasteiger partial charge on any atom is 0.136 e. The first-order chi connectivity index (χ1) is 3.93. The molecular weight excluding hydrogens is 138 g/mol. The zero-order valence-electron chi connectivity index (χ0n) is 4.94. The summed E-state index contributed by atoms with van der Waals surface area (Å²) in [6.45, 7) is 1.73. The van der Waals surface area contributed by atoms with Gasteiger partial charge < -0.3 is 10.8 Å². The third-order valence-electron chi connectivity index (χ3n) is 0.955. The fraction of sp³-hybridized carbons (Fsp3) is 0.600. The molecule has 0 bridgehead atoms. The van der Waals surface area contributed by atoms with Crippen LogP contribution in [0.1, 0.15) is 0 Å². The van der Waals surface area contributed by atoms with Crippen LogP contribution in [-0.2, 0) is 4.79 Å². The Morgan fingerprint density at radius 2 is 2.44 bits per heavy atom. The van der Waals surface area contributed by atoms with Crippen LogP contribution in [0.15, 0.2) is 4.91 Å². The topological polar surface area (TPSA) is 60.6 Å². The van der Waals surface area contributed by atoms with Gasteiger partial charge in [0.15, 0.2) is 0 Å². The second-order valence-corrected chi connectivity index (χ2v) is 2.74. The Balaban J connectivity index is 0.000000640. The highest BCUT2D eigenvalue weighted by Crippen LogP contribution is 2.12. The van der Waals surface area contributed by atoms with Crippen molar-refractivity contribution in [1.29, 1.82) is 0 Å². The van der Waals surface area contributed by atoms with E-state index in [1.54, 1.807) is 11.8 Å². The molecule has 0 atom stereocenters. The smallest absolute Gasteiger partial charge is 0.136 e. The summed E-state index contributed by atoms with van der Waals surface area (Å²) in [5.41, 5.74) is 0. The largest absolute Gasteiger partial charge is 0.412 e. The van der Waals surface area contributed by atoms with Crippen molar-refractivity contribution in [3.05, 3.63) is 4.91 Å². The molecule has 0 aliphatic carbocycles. The van der Waals surface area contributed by atoms with Crippen molar-refractivity contribution in [2.75, 3.05) is 18.8 Å². The Hall–Kier alpha value is -0.280. The monoisotopic (exact) mass is 147 g/mol. The van der Waals surface area contributed by atoms with Gasteiger partial charge in [0.25, 0.3) is 0 Å². The lowest BCUT2D eigenvalue weighted by atomic mass is 10.5. The SMILES string of the molecule is O.O=C=C1CNCCS1. The fourth-order valence-electron chi connectivity index (χ4n) is 0.565. The third-order valence-corrected chi connectivity index (χ3v) is 1.94. The molecule has 9 heavy (non-hydrogen) atoms. The molecule has 0 amide bonds. The highest BCUT2D eigenvalue weighted by atomic mass is 32.2. The van der Waals surface area contributed by atoms with Gasteiger partial charge in [-0.15, -0.1) is 11.8 Å². The molecule has 1 aliphatic heterocycles. The van der Waals surface area contributed by atoms with Crippen molar-refractivity contribution >= 4 is 17.7 Å². The number of carbonyl (C=O) groups excluding carboxylic acids is 1. The molecule has 1 aliphatic rings. The molecule has 0 unspecified atom stereocenters. The van der Waals surface area contributed by atoms with Gasteiger partial charge >= 0.3 is 0 Å². The lowest BCUT2D eigenvalue weighted by Crippen LogP contribution is -2.24. The maximum absolute atomic E-state index is 9.94. The van der Waals surface area contributed by atoms with Crippen molar-refractivity contribution in [2.45, 2.75) is 0 Å². The van der Waals surface area contributed by atoms with E-state index >= 15 is 0 Å². The zero-order valence-corrected chi connectivity index (χ0v) is 5.75. The quantitative estimate of drug-likeness (QED) is 0.457. The Kier molecular flexibility index (Phi) is 4.44. The molecule has 1 heterocycles. The Labute approximate surface area is 57.8 Å². The first kappa shape index (κ1) is 8.72. The highest BCUT2D eigenvalue weighted by Gasteiger charge is 2.03. The van der Waals surface area contributed by atoms with Crippen LogP contribution in [0.3, 0.4) is 0 Å². The zero-order chi connectivity index (χ0) is 5.82. The van der Waals surface area contributed by atoms with E-state index in [1.165, 1.54) is 0 Å². The number of rotatable bonds is 0. The first-order valence-corrected chi connectivity index (χ1v) is 3.49. The molecule has 3 nitrogen and oxygen atoms in total. The molecule has 0 radical (unpaired) electrons. The molecule has 1 saturated heterocycles. The standard InChI is InChI=1S/C5H7NOS.H2O/c7-4-5-3-6-1-2-8-5;/h6H,1-3H2;1H2. The lowest BCUT2D eigenvalue weighted by molar-refractivity contribution is 0.567. The van der Waals surface area contributed by atoms with Crippen molar-refractivity contribution < 1.29 is 10.3 Å². The molecule has 0 aromatic carbocycles. The maximum atomic E-state index is 9.94. The predicted molar refractivity (Wildman–Crippen MR) is 38.1 cm³/mol. The summed E-state index contributed by atoms with van der Waals surface area (Å²) in [5, 5.41) is 3.07. The van der Waals surface area contributed by atoms with E-state index in [-0.39, 0.29) is 5.48 Å². The van der Waals surface area contributed by atoms with Crippen LogP contribution in [0.4, 0.5) is 0 Å². The van der Waals surface area contributed by atoms with E-state index in [2.05, 4.69) is 5.32 Å². The Bertz CT molecular complexity index is 123. The summed E-state index contributed by atoms with van der Waals surface area (Å²) in [6, 6.07) is 0. The van der Waals surface area contributed by atoms with E-state index < -0.39 is 0 Å². The van der Waals surface area contributed by atoms with Crippen LogP contribution in [-0.4, -0.2) is 30.3 Å². The van der Waals surface area contributed by atoms with Gasteiger partial charge in [-0.25, -0.2) is 4.79 Å². The second-order valence-electron chi connectivity index (χ2n) is 1.55. The molecule has 1 fully saturated rings. The number of hydrogen-bond donors (Lipinski definition) is 1. The number of nitrogens with one attached hydrogen (secondary N) is 1. The second kappa shape index (κ2) is 4.58. The summed E-state index contributed by atoms with van der Waals surface area (Å²) in [4.78, 5) is 10.7. The lowest BCUT2D eigenvalue weighted by Gasteiger charge is -2.10. The van der Waals surface area contributed by atoms with Crippen LogP contribution >= 0.6 is 11.8 Å². The third kappa shape index (κ3) is 2.67. The van der Waals surface area contributed by atoms with Crippen molar-refractivity contribution in [2.24, 2.45) is 0 Å². The molecular formula is C5H9NO2S. The van der Waals surface area contributed by atoms with E-state index in [4.69, 9.17) is 0 Å². The molecule has 4 heteroatoms. The average Bonchev–Trinajstić information content (AvgIpc) is 1.90. The van der Waals surface area contributed by atoms with E-state index in [9.17, 15) is 4.79 Å². The van der Waals surface area contributed by atoms with Crippen LogP contribution in [0, 0.1) is 0 Å². The van der Waals surface area contributed by atoms with Crippen molar-refractivity contribution in [3.63, 3.8) is 0 Å². The van der Waals surface area contributed by atoms with Crippen LogP contribution in [0.5, 0.6) is 0 Å². The number of hydrogen-bond acceptors (Lipinski definition) is 3. The minimum Gasteiger partial charge on any atom is -0.412 e. The number of thioether (sulfide) groups is 1. The van der Waals surface area contributed by atoms with Gasteiger partial charge in [-0.2, -0.15) is 0 Å². The van der Waals surface area contributed by atoms with Crippen LogP contribution in [0.2, 0.25) is 0 Å². The predicted octanol–water partition coefficient (Wildman–Crippen LogP) is -0.786. The van der Waals surface area contributed by atoms with Crippen LogP contribution in [0.25, 0.3) is 0 Å². The summed E-state index contributed by atoms with van der Waals surface area (Å²) < 4.78 is 0. The molecule has 0 saturated carbocycles. The van der Waals surface area contributed by atoms with E-state index in [0.717, 1.165) is 17.2 Å². The van der Waals surface area contributed by atoms with Gasteiger partial charge in [-0.05, 0) is 0 Å². The molecule has 3 N–H and O–H groups in total. The van der Waals surface area contributed by atoms with Crippen molar-refractivity contribution in [1.82, 2.24) is 5.32 Å². The Morgan fingerprint density at radius 3 is 2.78 bits per heavy atom. The molecule has 0 spiro atoms. The molecule has 1 rings (SSSR count). The van der Waals surface area contributed by atoms with Gasteiger partial charge in [0.1, 0.15) is 5.94 Å².